The monoisotopic (exact) mass is 289 g/mol. The largest absolute Gasteiger partial charge is 0.489 e. The molecule has 0 saturated heterocycles. The summed E-state index contributed by atoms with van der Waals surface area (Å²) in [6.07, 6.45) is 0. The van der Waals surface area contributed by atoms with Crippen molar-refractivity contribution in [3.8, 4) is 5.75 Å². The molecule has 0 spiro atoms. The van der Waals surface area contributed by atoms with Gasteiger partial charge >= 0.3 is 0 Å². The first-order valence-electron chi connectivity index (χ1n) is 5.34. The maximum absolute atomic E-state index is 12.1. The van der Waals surface area contributed by atoms with E-state index in [0.29, 0.717) is 6.04 Å². The minimum atomic E-state index is -0.474. The molecule has 90 valence electrons. The van der Waals surface area contributed by atoms with Gasteiger partial charge in [0.25, 0.3) is 0 Å². The number of hydrogen-bond acceptors (Lipinski definition) is 2. The van der Waals surface area contributed by atoms with Crippen LogP contribution in [-0.4, -0.2) is 19.3 Å². The van der Waals surface area contributed by atoms with Crippen LogP contribution in [0, 0.1) is 0 Å². The van der Waals surface area contributed by atoms with Crippen molar-refractivity contribution in [3.63, 3.8) is 0 Å². The lowest BCUT2D eigenvalue weighted by atomic mass is 10.2. The van der Waals surface area contributed by atoms with Gasteiger partial charge in [-0.25, -0.2) is 4.39 Å². The molecule has 0 aliphatic rings. The van der Waals surface area contributed by atoms with Crippen molar-refractivity contribution in [2.75, 3.05) is 13.3 Å². The third-order valence-electron chi connectivity index (χ3n) is 2.07. The third-order valence-corrected chi connectivity index (χ3v) is 2.70. The Bertz CT molecular complexity index is 331. The van der Waals surface area contributed by atoms with Gasteiger partial charge in [-0.2, -0.15) is 0 Å². The normalized spacial score (nSPS) is 10.8. The fraction of sp³-hybridized carbons (Fsp3) is 0.500. The second-order valence-corrected chi connectivity index (χ2v) is 4.66. The minimum absolute atomic E-state index is 0.0945. The first kappa shape index (κ1) is 13.5. The van der Waals surface area contributed by atoms with Gasteiger partial charge in [0, 0.05) is 18.2 Å². The standard InChI is InChI=1S/C12H17BrFNO/c1-9(2)15-8-10-4-3-5-11(13)12(10)16-7-6-14/h3-5,9,15H,6-8H2,1-2H3. The van der Waals surface area contributed by atoms with E-state index in [0.717, 1.165) is 22.3 Å². The molecule has 16 heavy (non-hydrogen) atoms. The van der Waals surface area contributed by atoms with Gasteiger partial charge in [-0.05, 0) is 22.0 Å². The molecular formula is C12H17BrFNO. The van der Waals surface area contributed by atoms with Crippen molar-refractivity contribution >= 4 is 15.9 Å². The summed E-state index contributed by atoms with van der Waals surface area (Å²) < 4.78 is 18.4. The average Bonchev–Trinajstić information content (AvgIpc) is 2.25. The number of hydrogen-bond donors (Lipinski definition) is 1. The molecule has 0 aliphatic carbocycles. The zero-order valence-electron chi connectivity index (χ0n) is 9.59. The first-order chi connectivity index (χ1) is 7.65. The van der Waals surface area contributed by atoms with E-state index in [9.17, 15) is 4.39 Å². The number of nitrogens with one attached hydrogen (secondary N) is 1. The van der Waals surface area contributed by atoms with Crippen molar-refractivity contribution in [1.82, 2.24) is 5.32 Å². The highest BCUT2D eigenvalue weighted by Crippen LogP contribution is 2.29. The number of para-hydroxylation sites is 1. The zero-order chi connectivity index (χ0) is 12.0. The molecule has 1 aromatic carbocycles. The molecular weight excluding hydrogens is 273 g/mol. The summed E-state index contributed by atoms with van der Waals surface area (Å²) in [4.78, 5) is 0. The number of halogens is 2. The van der Waals surface area contributed by atoms with E-state index >= 15 is 0 Å². The molecule has 0 saturated carbocycles. The number of ether oxygens (including phenoxy) is 1. The SMILES string of the molecule is CC(C)NCc1cccc(Br)c1OCCF. The molecule has 1 aromatic rings. The van der Waals surface area contributed by atoms with Crippen molar-refractivity contribution < 1.29 is 9.13 Å². The van der Waals surface area contributed by atoms with Crippen LogP contribution in [-0.2, 0) is 6.54 Å². The maximum Gasteiger partial charge on any atom is 0.138 e. The molecule has 1 rings (SSSR count). The molecule has 2 nitrogen and oxygen atoms in total. The molecule has 0 fully saturated rings. The second-order valence-electron chi connectivity index (χ2n) is 3.80. The topological polar surface area (TPSA) is 21.3 Å². The van der Waals surface area contributed by atoms with E-state index in [-0.39, 0.29) is 6.61 Å². The predicted octanol–water partition coefficient (Wildman–Crippen LogP) is 3.30. The Kier molecular flexibility index (Phi) is 5.77. The Balaban J connectivity index is 2.76. The van der Waals surface area contributed by atoms with Crippen molar-refractivity contribution in [1.29, 1.82) is 0 Å². The number of alkyl halides is 1. The van der Waals surface area contributed by atoms with Crippen LogP contribution in [0.3, 0.4) is 0 Å². The van der Waals surface area contributed by atoms with Gasteiger partial charge in [0.05, 0.1) is 4.47 Å². The van der Waals surface area contributed by atoms with E-state index < -0.39 is 6.67 Å². The van der Waals surface area contributed by atoms with Crippen LogP contribution in [0.15, 0.2) is 22.7 Å². The van der Waals surface area contributed by atoms with Crippen molar-refractivity contribution in [2.45, 2.75) is 26.4 Å². The van der Waals surface area contributed by atoms with Crippen LogP contribution in [0.1, 0.15) is 19.4 Å². The Morgan fingerprint density at radius 3 is 2.81 bits per heavy atom. The smallest absolute Gasteiger partial charge is 0.138 e. The van der Waals surface area contributed by atoms with Gasteiger partial charge in [-0.15, -0.1) is 0 Å². The quantitative estimate of drug-likeness (QED) is 0.868. The fourth-order valence-corrected chi connectivity index (χ4v) is 1.83. The van der Waals surface area contributed by atoms with Gasteiger partial charge in [-0.3, -0.25) is 0 Å². The summed E-state index contributed by atoms with van der Waals surface area (Å²) in [6, 6.07) is 6.23. The zero-order valence-corrected chi connectivity index (χ0v) is 11.2. The molecule has 0 bridgehead atoms. The summed E-state index contributed by atoms with van der Waals surface area (Å²) in [5.41, 5.74) is 1.04. The lowest BCUT2D eigenvalue weighted by molar-refractivity contribution is 0.269. The highest BCUT2D eigenvalue weighted by atomic mass is 79.9. The maximum atomic E-state index is 12.1. The number of benzene rings is 1. The minimum Gasteiger partial charge on any atom is -0.489 e. The third kappa shape index (κ3) is 4.10. The van der Waals surface area contributed by atoms with Crippen LogP contribution in [0.4, 0.5) is 4.39 Å². The van der Waals surface area contributed by atoms with Gasteiger partial charge < -0.3 is 10.1 Å². The predicted molar refractivity (Wildman–Crippen MR) is 67.6 cm³/mol. The Labute approximate surface area is 104 Å². The lowest BCUT2D eigenvalue weighted by Crippen LogP contribution is -2.22. The van der Waals surface area contributed by atoms with Gasteiger partial charge in [0.15, 0.2) is 0 Å². The van der Waals surface area contributed by atoms with Crippen molar-refractivity contribution in [2.24, 2.45) is 0 Å². The molecule has 0 atom stereocenters. The molecule has 0 aromatic heterocycles. The molecule has 0 heterocycles. The fourth-order valence-electron chi connectivity index (χ4n) is 1.31. The van der Waals surface area contributed by atoms with Crippen molar-refractivity contribution in [3.05, 3.63) is 28.2 Å². The highest BCUT2D eigenvalue weighted by Gasteiger charge is 2.08. The second kappa shape index (κ2) is 6.86. The highest BCUT2D eigenvalue weighted by molar-refractivity contribution is 9.10. The van der Waals surface area contributed by atoms with Gasteiger partial charge in [0.1, 0.15) is 19.0 Å². The summed E-state index contributed by atoms with van der Waals surface area (Å²) in [7, 11) is 0. The van der Waals surface area contributed by atoms with Crippen LogP contribution in [0.25, 0.3) is 0 Å². The summed E-state index contributed by atoms with van der Waals surface area (Å²) in [5, 5.41) is 3.31. The van der Waals surface area contributed by atoms with E-state index in [4.69, 9.17) is 4.74 Å². The summed E-state index contributed by atoms with van der Waals surface area (Å²) >= 11 is 3.41. The molecule has 0 aliphatic heterocycles. The van der Waals surface area contributed by atoms with Crippen LogP contribution >= 0.6 is 15.9 Å². The molecule has 0 unspecified atom stereocenters. The average molecular weight is 290 g/mol. The lowest BCUT2D eigenvalue weighted by Gasteiger charge is -2.14. The summed E-state index contributed by atoms with van der Waals surface area (Å²) in [6.45, 7) is 4.51. The van der Waals surface area contributed by atoms with Crippen LogP contribution < -0.4 is 10.1 Å². The van der Waals surface area contributed by atoms with Crippen LogP contribution in [0.5, 0.6) is 5.75 Å². The van der Waals surface area contributed by atoms with Gasteiger partial charge in [0.2, 0.25) is 0 Å². The Hall–Kier alpha value is -0.610. The molecule has 4 heteroatoms. The molecule has 0 radical (unpaired) electrons. The number of rotatable bonds is 6. The summed E-state index contributed by atoms with van der Waals surface area (Å²) in [5.74, 6) is 0.730. The van der Waals surface area contributed by atoms with E-state index in [1.165, 1.54) is 0 Å². The molecule has 0 amide bonds. The van der Waals surface area contributed by atoms with E-state index in [1.54, 1.807) is 0 Å². The Morgan fingerprint density at radius 1 is 1.44 bits per heavy atom. The first-order valence-corrected chi connectivity index (χ1v) is 6.14. The van der Waals surface area contributed by atoms with Gasteiger partial charge in [-0.1, -0.05) is 26.0 Å². The van der Waals surface area contributed by atoms with E-state index in [1.807, 2.05) is 18.2 Å². The molecule has 1 N–H and O–H groups in total. The Morgan fingerprint density at radius 2 is 2.19 bits per heavy atom. The van der Waals surface area contributed by atoms with Crippen LogP contribution in [0.2, 0.25) is 0 Å². The van der Waals surface area contributed by atoms with E-state index in [2.05, 4.69) is 35.1 Å².